The molecule has 0 aliphatic carbocycles. The number of methoxy groups -OCH3 is 1. The molecule has 0 aromatic heterocycles. The minimum absolute atomic E-state index is 0.214. The van der Waals surface area contributed by atoms with Crippen molar-refractivity contribution >= 4 is 40.8 Å². The Morgan fingerprint density at radius 3 is 2.65 bits per heavy atom. The normalized spacial score (nSPS) is 15.3. The molecule has 0 unspecified atom stereocenters. The van der Waals surface area contributed by atoms with Gasteiger partial charge in [0, 0.05) is 19.4 Å². The van der Waals surface area contributed by atoms with E-state index in [-0.39, 0.29) is 16.8 Å². The van der Waals surface area contributed by atoms with Gasteiger partial charge in [-0.25, -0.2) is 0 Å². The van der Waals surface area contributed by atoms with Crippen molar-refractivity contribution in [2.75, 3.05) is 7.11 Å². The molecule has 2 amide bonds. The average Bonchev–Trinajstić information content (AvgIpc) is 2.79. The zero-order valence-corrected chi connectivity index (χ0v) is 13.5. The number of ether oxygens (including phenoxy) is 2. The van der Waals surface area contributed by atoms with Crippen molar-refractivity contribution in [1.82, 2.24) is 5.32 Å². The smallest absolute Gasteiger partial charge is 0.308 e. The summed E-state index contributed by atoms with van der Waals surface area (Å²) in [4.78, 5) is 38.2. The van der Waals surface area contributed by atoms with Crippen LogP contribution in [0, 0.1) is 0 Å². The van der Waals surface area contributed by atoms with Crippen LogP contribution in [0.2, 0.25) is 0 Å². The number of hydrogen-bond acceptors (Lipinski definition) is 6. The molecule has 0 radical (unpaired) electrons. The number of hydrogen-bond donors (Lipinski definition) is 1. The molecule has 23 heavy (non-hydrogen) atoms. The maximum absolute atomic E-state index is 11.9. The van der Waals surface area contributed by atoms with Crippen molar-refractivity contribution < 1.29 is 23.9 Å². The number of para-hydroxylation sites is 1. The Morgan fingerprint density at radius 1 is 1.30 bits per heavy atom. The number of carbonyl (C=O) groups is 3. The molecule has 0 atom stereocenters. The summed E-state index contributed by atoms with van der Waals surface area (Å²) in [6.07, 6.45) is 1.53. The largest absolute Gasteiger partial charge is 0.493 e. The van der Waals surface area contributed by atoms with Crippen LogP contribution in [0.15, 0.2) is 28.1 Å². The molecule has 8 heteroatoms. The van der Waals surface area contributed by atoms with Gasteiger partial charge in [0.05, 0.1) is 12.0 Å². The van der Waals surface area contributed by atoms with Crippen LogP contribution >= 0.6 is 11.8 Å². The molecule has 1 aliphatic rings. The zero-order valence-electron chi connectivity index (χ0n) is 12.7. The van der Waals surface area contributed by atoms with E-state index in [1.54, 1.807) is 18.2 Å². The lowest BCUT2D eigenvalue weighted by atomic mass is 10.1. The summed E-state index contributed by atoms with van der Waals surface area (Å²) < 4.78 is 10.3. The second kappa shape index (κ2) is 7.10. The highest BCUT2D eigenvalue weighted by Gasteiger charge is 2.23. The number of aliphatic imine (C=N–C) groups is 1. The Balaban J connectivity index is 2.35. The van der Waals surface area contributed by atoms with Crippen LogP contribution in [0.5, 0.6) is 11.5 Å². The highest BCUT2D eigenvalue weighted by molar-refractivity contribution is 8.18. The number of nitrogens with zero attached hydrogens (tertiary/aromatic N) is 1. The van der Waals surface area contributed by atoms with Crippen LogP contribution in [0.3, 0.4) is 0 Å². The Hall–Kier alpha value is -2.61. The maximum Gasteiger partial charge on any atom is 0.308 e. The number of amidine groups is 1. The molecule has 120 valence electrons. The summed E-state index contributed by atoms with van der Waals surface area (Å²) in [6, 6.07) is 5.03. The molecule has 1 heterocycles. The van der Waals surface area contributed by atoms with Crippen molar-refractivity contribution in [2.45, 2.75) is 13.8 Å². The fourth-order valence-electron chi connectivity index (χ4n) is 1.81. The molecule has 1 aromatic rings. The molecular formula is C15H14N2O5S. The van der Waals surface area contributed by atoms with E-state index in [9.17, 15) is 14.4 Å². The van der Waals surface area contributed by atoms with Gasteiger partial charge in [0.15, 0.2) is 16.7 Å². The van der Waals surface area contributed by atoms with E-state index in [1.807, 2.05) is 0 Å². The molecule has 2 rings (SSSR count). The number of thioether (sulfide) groups is 1. The monoisotopic (exact) mass is 334 g/mol. The number of amides is 2. The van der Waals surface area contributed by atoms with Gasteiger partial charge in [-0.3, -0.25) is 14.4 Å². The van der Waals surface area contributed by atoms with Gasteiger partial charge in [0.25, 0.3) is 5.91 Å². The summed E-state index contributed by atoms with van der Waals surface area (Å²) >= 11 is 1.03. The van der Waals surface area contributed by atoms with Gasteiger partial charge in [-0.1, -0.05) is 12.1 Å². The van der Waals surface area contributed by atoms with Crippen molar-refractivity contribution in [3.63, 3.8) is 0 Å². The minimum atomic E-state index is -0.505. The summed E-state index contributed by atoms with van der Waals surface area (Å²) in [5.41, 5.74) is 0.495. The first-order valence-electron chi connectivity index (χ1n) is 6.56. The number of rotatable bonds is 3. The second-order valence-electron chi connectivity index (χ2n) is 4.49. The summed E-state index contributed by atoms with van der Waals surface area (Å²) in [5.74, 6) is -0.707. The van der Waals surface area contributed by atoms with Crippen molar-refractivity contribution in [2.24, 2.45) is 4.99 Å². The van der Waals surface area contributed by atoms with Gasteiger partial charge in [-0.05, 0) is 23.9 Å². The van der Waals surface area contributed by atoms with Crippen LogP contribution in [0.25, 0.3) is 6.08 Å². The highest BCUT2D eigenvalue weighted by atomic mass is 32.2. The van der Waals surface area contributed by atoms with Gasteiger partial charge < -0.3 is 14.8 Å². The third kappa shape index (κ3) is 4.19. The lowest BCUT2D eigenvalue weighted by Gasteiger charge is -2.11. The van der Waals surface area contributed by atoms with Gasteiger partial charge in [-0.15, -0.1) is 0 Å². The van der Waals surface area contributed by atoms with Crippen LogP contribution in [0.1, 0.15) is 19.4 Å². The molecule has 1 aromatic carbocycles. The van der Waals surface area contributed by atoms with Crippen LogP contribution in [-0.2, 0) is 14.4 Å². The average molecular weight is 334 g/mol. The third-order valence-corrected chi connectivity index (χ3v) is 3.56. The second-order valence-corrected chi connectivity index (χ2v) is 5.52. The Morgan fingerprint density at radius 2 is 2.04 bits per heavy atom. The summed E-state index contributed by atoms with van der Waals surface area (Å²) in [5, 5.41) is 2.67. The first-order valence-corrected chi connectivity index (χ1v) is 7.38. The van der Waals surface area contributed by atoms with Gasteiger partial charge >= 0.3 is 5.97 Å². The van der Waals surface area contributed by atoms with E-state index in [1.165, 1.54) is 27.0 Å². The first kappa shape index (κ1) is 16.8. The molecule has 1 N–H and O–H groups in total. The number of carbonyl (C=O) groups excluding carboxylic acids is 3. The number of benzene rings is 1. The molecule has 0 spiro atoms. The predicted molar refractivity (Wildman–Crippen MR) is 86.1 cm³/mol. The molecule has 1 aliphatic heterocycles. The minimum Gasteiger partial charge on any atom is -0.493 e. The van der Waals surface area contributed by atoms with Crippen LogP contribution < -0.4 is 14.8 Å². The fourth-order valence-corrected chi connectivity index (χ4v) is 2.67. The van der Waals surface area contributed by atoms with Crippen molar-refractivity contribution in [3.8, 4) is 11.5 Å². The van der Waals surface area contributed by atoms with Crippen LogP contribution in [0.4, 0.5) is 0 Å². The molecule has 7 nitrogen and oxygen atoms in total. The van der Waals surface area contributed by atoms with Crippen molar-refractivity contribution in [1.29, 1.82) is 0 Å². The van der Waals surface area contributed by atoms with Gasteiger partial charge in [0.1, 0.15) is 0 Å². The van der Waals surface area contributed by atoms with E-state index in [0.717, 1.165) is 11.8 Å². The Kier molecular flexibility index (Phi) is 5.17. The Labute approximate surface area is 136 Å². The topological polar surface area (TPSA) is 94.1 Å². The SMILES string of the molecule is COc1cccc(/C=C2\SC(NC(C)=O)=NC2=O)c1OC(C)=O. The van der Waals surface area contributed by atoms with Gasteiger partial charge in [0.2, 0.25) is 5.91 Å². The summed E-state index contributed by atoms with van der Waals surface area (Å²) in [6.45, 7) is 2.60. The van der Waals surface area contributed by atoms with E-state index in [0.29, 0.717) is 16.2 Å². The first-order chi connectivity index (χ1) is 10.9. The van der Waals surface area contributed by atoms with E-state index in [4.69, 9.17) is 9.47 Å². The van der Waals surface area contributed by atoms with E-state index >= 15 is 0 Å². The molecule has 0 saturated carbocycles. The molecule has 0 bridgehead atoms. The van der Waals surface area contributed by atoms with Gasteiger partial charge in [-0.2, -0.15) is 4.99 Å². The maximum atomic E-state index is 11.9. The molecule has 0 fully saturated rings. The quantitative estimate of drug-likeness (QED) is 0.514. The number of nitrogens with one attached hydrogen (secondary N) is 1. The summed E-state index contributed by atoms with van der Waals surface area (Å²) in [7, 11) is 1.45. The molecular weight excluding hydrogens is 320 g/mol. The van der Waals surface area contributed by atoms with E-state index in [2.05, 4.69) is 10.3 Å². The van der Waals surface area contributed by atoms with Crippen molar-refractivity contribution in [3.05, 3.63) is 28.7 Å². The van der Waals surface area contributed by atoms with Crippen LogP contribution in [-0.4, -0.2) is 30.1 Å². The fraction of sp³-hybridized carbons (Fsp3) is 0.200. The Bertz CT molecular complexity index is 739. The zero-order chi connectivity index (χ0) is 17.0. The lowest BCUT2D eigenvalue weighted by molar-refractivity contribution is -0.132. The predicted octanol–water partition coefficient (Wildman–Crippen LogP) is 1.73. The number of esters is 1. The third-order valence-electron chi connectivity index (χ3n) is 2.67. The molecule has 0 saturated heterocycles. The lowest BCUT2D eigenvalue weighted by Crippen LogP contribution is -2.23. The standard InChI is InChI=1S/C15H14N2O5S/c1-8(18)16-15-17-14(20)12(23-15)7-10-5-4-6-11(21-3)13(10)22-9(2)19/h4-7H,1-3H3,(H,16,17,18,20)/b12-7-. The highest BCUT2D eigenvalue weighted by Crippen LogP contribution is 2.35. The van der Waals surface area contributed by atoms with E-state index < -0.39 is 11.9 Å².